The summed E-state index contributed by atoms with van der Waals surface area (Å²) in [5, 5.41) is 17.0. The molecular formula is C31H27N3O3. The summed E-state index contributed by atoms with van der Waals surface area (Å²) >= 11 is 0. The smallest absolute Gasteiger partial charge is 0.310 e. The number of carboxylic acids is 1. The minimum atomic E-state index is -0.798. The zero-order chi connectivity index (χ0) is 25.8. The van der Waals surface area contributed by atoms with E-state index in [1.54, 1.807) is 0 Å². The number of benzene rings is 3. The third-order valence-corrected chi connectivity index (χ3v) is 6.41. The van der Waals surface area contributed by atoms with Crippen LogP contribution in [0.2, 0.25) is 0 Å². The van der Waals surface area contributed by atoms with Gasteiger partial charge >= 0.3 is 5.97 Å². The molecular weight excluding hydrogens is 462 g/mol. The number of nitrogens with zero attached hydrogens (tertiary/aromatic N) is 2. The fourth-order valence-electron chi connectivity index (χ4n) is 4.46. The van der Waals surface area contributed by atoms with Gasteiger partial charge in [-0.3, -0.25) is 4.79 Å². The van der Waals surface area contributed by atoms with E-state index in [4.69, 9.17) is 9.51 Å². The number of carboxylic acid groups (broad SMARTS) is 1. The van der Waals surface area contributed by atoms with Crippen molar-refractivity contribution in [2.45, 2.75) is 26.2 Å². The van der Waals surface area contributed by atoms with Crippen LogP contribution in [0.1, 0.15) is 30.5 Å². The number of hydrogen-bond acceptors (Lipinski definition) is 5. The van der Waals surface area contributed by atoms with Crippen LogP contribution in [0.25, 0.3) is 33.7 Å². The van der Waals surface area contributed by atoms with Gasteiger partial charge in [0, 0.05) is 11.3 Å². The molecule has 6 heteroatoms. The molecule has 184 valence electrons. The van der Waals surface area contributed by atoms with Gasteiger partial charge in [-0.2, -0.15) is 0 Å². The summed E-state index contributed by atoms with van der Waals surface area (Å²) in [6.45, 7) is 3.80. The molecule has 0 aliphatic rings. The molecule has 2 heterocycles. The molecule has 0 spiro atoms. The number of aliphatic carboxylic acids is 1. The standard InChI is InChI=1S/C31H27N3O3/c1-3-26(31(35)36)23-16-12-21(13-17-23)22-14-18-24(19-15-22)30-29(20(2)34-37-30)27-10-7-11-28(33-27)32-25-8-5-4-6-9-25/h4-19,26H,3H2,1-2H3,(H,32,33)(H,35,36). The van der Waals surface area contributed by atoms with E-state index < -0.39 is 11.9 Å². The first-order chi connectivity index (χ1) is 18.0. The maximum Gasteiger partial charge on any atom is 0.310 e. The Morgan fingerprint density at radius 2 is 1.51 bits per heavy atom. The molecule has 0 saturated heterocycles. The number of hydrogen-bond donors (Lipinski definition) is 2. The number of aryl methyl sites for hydroxylation is 1. The maximum absolute atomic E-state index is 11.5. The average Bonchev–Trinajstić information content (AvgIpc) is 3.31. The maximum atomic E-state index is 11.5. The Balaban J connectivity index is 1.41. The minimum absolute atomic E-state index is 0.487. The van der Waals surface area contributed by atoms with E-state index >= 15 is 0 Å². The van der Waals surface area contributed by atoms with Crippen LogP contribution in [-0.4, -0.2) is 21.2 Å². The lowest BCUT2D eigenvalue weighted by Crippen LogP contribution is -2.10. The van der Waals surface area contributed by atoms with Crippen LogP contribution >= 0.6 is 0 Å². The van der Waals surface area contributed by atoms with Gasteiger partial charge in [0.2, 0.25) is 0 Å². The van der Waals surface area contributed by atoms with Gasteiger partial charge in [0.25, 0.3) is 0 Å². The van der Waals surface area contributed by atoms with Gasteiger partial charge in [-0.15, -0.1) is 0 Å². The number of pyridine rings is 1. The number of nitrogens with one attached hydrogen (secondary N) is 1. The van der Waals surface area contributed by atoms with Crippen molar-refractivity contribution >= 4 is 17.5 Å². The molecule has 2 aromatic heterocycles. The molecule has 1 atom stereocenters. The molecule has 5 aromatic rings. The molecule has 0 radical (unpaired) electrons. The van der Waals surface area contributed by atoms with E-state index in [-0.39, 0.29) is 0 Å². The Labute approximate surface area is 215 Å². The van der Waals surface area contributed by atoms with Crippen molar-refractivity contribution in [3.05, 3.63) is 108 Å². The van der Waals surface area contributed by atoms with E-state index in [1.807, 2.05) is 111 Å². The van der Waals surface area contributed by atoms with Crippen LogP contribution in [0.15, 0.2) is 102 Å². The van der Waals surface area contributed by atoms with Crippen molar-refractivity contribution < 1.29 is 14.4 Å². The van der Waals surface area contributed by atoms with Crippen molar-refractivity contribution in [3.63, 3.8) is 0 Å². The molecule has 1 unspecified atom stereocenters. The number of rotatable bonds is 8. The molecule has 0 fully saturated rings. The van der Waals surface area contributed by atoms with E-state index in [9.17, 15) is 9.90 Å². The Hall–Kier alpha value is -4.71. The normalized spacial score (nSPS) is 11.7. The number of para-hydroxylation sites is 1. The molecule has 0 saturated carbocycles. The van der Waals surface area contributed by atoms with E-state index in [1.165, 1.54) is 0 Å². The summed E-state index contributed by atoms with van der Waals surface area (Å²) in [6.07, 6.45) is 0.558. The van der Waals surface area contributed by atoms with Gasteiger partial charge < -0.3 is 14.9 Å². The Bertz CT molecular complexity index is 1510. The molecule has 5 rings (SSSR count). The molecule has 0 amide bonds. The lowest BCUT2D eigenvalue weighted by atomic mass is 9.94. The van der Waals surface area contributed by atoms with Crippen molar-refractivity contribution in [2.24, 2.45) is 0 Å². The lowest BCUT2D eigenvalue weighted by molar-refractivity contribution is -0.138. The van der Waals surface area contributed by atoms with Crippen molar-refractivity contribution in [1.82, 2.24) is 10.1 Å². The monoisotopic (exact) mass is 489 g/mol. The fraction of sp³-hybridized carbons (Fsp3) is 0.129. The van der Waals surface area contributed by atoms with Crippen LogP contribution in [0.5, 0.6) is 0 Å². The molecule has 0 aliphatic heterocycles. The summed E-state index contributed by atoms with van der Waals surface area (Å²) in [6, 6.07) is 31.6. The first kappa shape index (κ1) is 24.0. The first-order valence-electron chi connectivity index (χ1n) is 12.2. The highest BCUT2D eigenvalue weighted by Crippen LogP contribution is 2.35. The third-order valence-electron chi connectivity index (χ3n) is 6.41. The number of aromatic nitrogens is 2. The quantitative estimate of drug-likeness (QED) is 0.232. The Morgan fingerprint density at radius 1 is 0.865 bits per heavy atom. The second-order valence-corrected chi connectivity index (χ2v) is 8.87. The van der Waals surface area contributed by atoms with E-state index in [0.717, 1.165) is 50.7 Å². The molecule has 2 N–H and O–H groups in total. The highest BCUT2D eigenvalue weighted by Gasteiger charge is 2.19. The third kappa shape index (κ3) is 5.14. The topological polar surface area (TPSA) is 88.2 Å². The van der Waals surface area contributed by atoms with Crippen LogP contribution in [-0.2, 0) is 4.79 Å². The predicted molar refractivity (Wildman–Crippen MR) is 146 cm³/mol. The summed E-state index contributed by atoms with van der Waals surface area (Å²) in [4.78, 5) is 16.3. The zero-order valence-corrected chi connectivity index (χ0v) is 20.7. The van der Waals surface area contributed by atoms with E-state index in [2.05, 4.69) is 10.5 Å². The number of carbonyl (C=O) groups is 1. The summed E-state index contributed by atoms with van der Waals surface area (Å²) < 4.78 is 5.75. The van der Waals surface area contributed by atoms with Crippen molar-refractivity contribution in [1.29, 1.82) is 0 Å². The SMILES string of the molecule is CCC(C(=O)O)c1ccc(-c2ccc(-c3onc(C)c3-c3cccc(Nc4ccccc4)n3)cc2)cc1. The van der Waals surface area contributed by atoms with Gasteiger partial charge in [0.15, 0.2) is 5.76 Å². The highest BCUT2D eigenvalue weighted by molar-refractivity contribution is 5.81. The predicted octanol–water partition coefficient (Wildman–Crippen LogP) is 7.70. The van der Waals surface area contributed by atoms with Gasteiger partial charge in [0.05, 0.1) is 22.9 Å². The molecule has 0 aliphatic carbocycles. The Morgan fingerprint density at radius 3 is 2.16 bits per heavy atom. The molecule has 0 bridgehead atoms. The Kier molecular flexibility index (Phi) is 6.81. The number of anilines is 2. The summed E-state index contributed by atoms with van der Waals surface area (Å²) in [7, 11) is 0. The average molecular weight is 490 g/mol. The van der Waals surface area contributed by atoms with Crippen LogP contribution in [0.4, 0.5) is 11.5 Å². The second-order valence-electron chi connectivity index (χ2n) is 8.87. The lowest BCUT2D eigenvalue weighted by Gasteiger charge is -2.11. The van der Waals surface area contributed by atoms with Crippen molar-refractivity contribution in [3.8, 4) is 33.7 Å². The van der Waals surface area contributed by atoms with Crippen LogP contribution in [0.3, 0.4) is 0 Å². The minimum Gasteiger partial charge on any atom is -0.481 e. The summed E-state index contributed by atoms with van der Waals surface area (Å²) in [5.41, 5.74) is 7.12. The van der Waals surface area contributed by atoms with E-state index in [0.29, 0.717) is 12.2 Å². The largest absolute Gasteiger partial charge is 0.481 e. The second kappa shape index (κ2) is 10.5. The van der Waals surface area contributed by atoms with Crippen molar-refractivity contribution in [2.75, 3.05) is 5.32 Å². The van der Waals surface area contributed by atoms with Crippen LogP contribution < -0.4 is 5.32 Å². The van der Waals surface area contributed by atoms with Gasteiger partial charge in [0.1, 0.15) is 5.82 Å². The summed E-state index contributed by atoms with van der Waals surface area (Å²) in [5.74, 6) is 0.117. The van der Waals surface area contributed by atoms with Gasteiger partial charge in [-0.1, -0.05) is 84.9 Å². The fourth-order valence-corrected chi connectivity index (χ4v) is 4.46. The first-order valence-corrected chi connectivity index (χ1v) is 12.2. The molecule has 6 nitrogen and oxygen atoms in total. The van der Waals surface area contributed by atoms with Crippen LogP contribution in [0, 0.1) is 6.92 Å². The van der Waals surface area contributed by atoms with Gasteiger partial charge in [-0.25, -0.2) is 4.98 Å². The molecule has 3 aromatic carbocycles. The zero-order valence-electron chi connectivity index (χ0n) is 20.7. The van der Waals surface area contributed by atoms with Gasteiger partial charge in [-0.05, 0) is 54.3 Å². The highest BCUT2D eigenvalue weighted by atomic mass is 16.5. The molecule has 37 heavy (non-hydrogen) atoms.